The number of amides is 2. The fraction of sp³-hybridized carbons (Fsp3) is 0.167. The third-order valence-corrected chi connectivity index (χ3v) is 3.80. The molecule has 0 aliphatic carbocycles. The second-order valence-corrected chi connectivity index (χ2v) is 5.75. The second kappa shape index (κ2) is 7.04. The zero-order valence-corrected chi connectivity index (χ0v) is 14.1. The minimum Gasteiger partial charge on any atom is -0.323 e. The van der Waals surface area contributed by atoms with Crippen molar-refractivity contribution in [3.63, 3.8) is 0 Å². The van der Waals surface area contributed by atoms with E-state index in [1.54, 1.807) is 43.3 Å². The molecule has 0 saturated carbocycles. The van der Waals surface area contributed by atoms with Crippen molar-refractivity contribution in [1.82, 2.24) is 19.2 Å². The van der Waals surface area contributed by atoms with E-state index in [0.29, 0.717) is 17.9 Å². The normalized spacial score (nSPS) is 10.5. The van der Waals surface area contributed by atoms with E-state index in [9.17, 15) is 9.59 Å². The van der Waals surface area contributed by atoms with Gasteiger partial charge < -0.3 is 10.2 Å². The molecular formula is C18H19N5O2. The van der Waals surface area contributed by atoms with Gasteiger partial charge in [-0.2, -0.15) is 9.78 Å². The summed E-state index contributed by atoms with van der Waals surface area (Å²) in [4.78, 5) is 25.8. The Morgan fingerprint density at radius 1 is 1.12 bits per heavy atom. The van der Waals surface area contributed by atoms with Gasteiger partial charge in [0.05, 0.1) is 5.69 Å². The van der Waals surface area contributed by atoms with Crippen molar-refractivity contribution in [3.05, 3.63) is 77.0 Å². The summed E-state index contributed by atoms with van der Waals surface area (Å²) in [5, 5.41) is 6.86. The van der Waals surface area contributed by atoms with E-state index in [1.807, 2.05) is 30.3 Å². The summed E-state index contributed by atoms with van der Waals surface area (Å²) in [6.45, 7) is 0.522. The van der Waals surface area contributed by atoms with Crippen LogP contribution in [0.1, 0.15) is 5.56 Å². The number of hydrogen-bond acceptors (Lipinski definition) is 3. The first-order valence-electron chi connectivity index (χ1n) is 7.82. The van der Waals surface area contributed by atoms with Crippen molar-refractivity contribution in [1.29, 1.82) is 0 Å². The highest BCUT2D eigenvalue weighted by atomic mass is 16.2. The molecule has 128 valence electrons. The van der Waals surface area contributed by atoms with Gasteiger partial charge in [-0.15, -0.1) is 0 Å². The van der Waals surface area contributed by atoms with Gasteiger partial charge in [0.2, 0.25) is 0 Å². The Labute approximate surface area is 145 Å². The number of benzene rings is 2. The number of hydrogen-bond donors (Lipinski definition) is 1. The van der Waals surface area contributed by atoms with Gasteiger partial charge in [-0.1, -0.05) is 30.3 Å². The summed E-state index contributed by atoms with van der Waals surface area (Å²) in [6, 6.07) is 16.5. The number of aryl methyl sites for hydroxylation is 1. The van der Waals surface area contributed by atoms with Gasteiger partial charge in [-0.3, -0.25) is 4.57 Å². The average Bonchev–Trinajstić information content (AvgIpc) is 2.95. The van der Waals surface area contributed by atoms with E-state index in [0.717, 1.165) is 5.56 Å². The lowest BCUT2D eigenvalue weighted by molar-refractivity contribution is 0.220. The summed E-state index contributed by atoms with van der Waals surface area (Å²) in [6.07, 6.45) is 1.45. The van der Waals surface area contributed by atoms with E-state index in [-0.39, 0.29) is 11.7 Å². The molecule has 3 rings (SSSR count). The van der Waals surface area contributed by atoms with Crippen LogP contribution in [-0.2, 0) is 13.6 Å². The largest absolute Gasteiger partial charge is 0.350 e. The highest BCUT2D eigenvalue weighted by Gasteiger charge is 2.10. The van der Waals surface area contributed by atoms with Crippen LogP contribution in [0.2, 0.25) is 0 Å². The first-order valence-corrected chi connectivity index (χ1v) is 7.82. The van der Waals surface area contributed by atoms with Crippen molar-refractivity contribution in [2.75, 3.05) is 12.4 Å². The lowest BCUT2D eigenvalue weighted by atomic mass is 10.2. The maximum absolute atomic E-state index is 12.3. The number of carbonyl (C=O) groups is 1. The van der Waals surface area contributed by atoms with Crippen LogP contribution >= 0.6 is 0 Å². The molecule has 0 spiro atoms. The molecule has 0 bridgehead atoms. The quantitative estimate of drug-likeness (QED) is 0.793. The molecule has 25 heavy (non-hydrogen) atoms. The van der Waals surface area contributed by atoms with E-state index in [4.69, 9.17) is 0 Å². The monoisotopic (exact) mass is 337 g/mol. The van der Waals surface area contributed by atoms with Crippen LogP contribution < -0.4 is 11.0 Å². The maximum atomic E-state index is 12.3. The summed E-state index contributed by atoms with van der Waals surface area (Å²) in [7, 11) is 3.38. The number of rotatable bonds is 4. The van der Waals surface area contributed by atoms with Crippen LogP contribution in [0.3, 0.4) is 0 Å². The molecule has 0 unspecified atom stereocenters. The summed E-state index contributed by atoms with van der Waals surface area (Å²) >= 11 is 0. The Morgan fingerprint density at radius 2 is 1.80 bits per heavy atom. The van der Waals surface area contributed by atoms with E-state index in [2.05, 4.69) is 10.4 Å². The van der Waals surface area contributed by atoms with Gasteiger partial charge in [0.25, 0.3) is 0 Å². The van der Waals surface area contributed by atoms with Crippen LogP contribution in [0.4, 0.5) is 10.5 Å². The molecule has 7 heteroatoms. The second-order valence-electron chi connectivity index (χ2n) is 5.75. The van der Waals surface area contributed by atoms with E-state index >= 15 is 0 Å². The average molecular weight is 337 g/mol. The smallest absolute Gasteiger partial charge is 0.323 e. The summed E-state index contributed by atoms with van der Waals surface area (Å²) < 4.78 is 2.70. The molecular weight excluding hydrogens is 318 g/mol. The summed E-state index contributed by atoms with van der Waals surface area (Å²) in [5.74, 6) is 0. The Morgan fingerprint density at radius 3 is 2.40 bits per heavy atom. The lowest BCUT2D eigenvalue weighted by Crippen LogP contribution is -2.30. The van der Waals surface area contributed by atoms with Crippen molar-refractivity contribution < 1.29 is 4.79 Å². The number of urea groups is 1. The van der Waals surface area contributed by atoms with Gasteiger partial charge in [0, 0.05) is 26.3 Å². The Hall–Kier alpha value is -3.35. The van der Waals surface area contributed by atoms with Gasteiger partial charge in [-0.25, -0.2) is 9.59 Å². The molecule has 0 fully saturated rings. The Bertz CT molecular complexity index is 913. The topological polar surface area (TPSA) is 72.2 Å². The van der Waals surface area contributed by atoms with Gasteiger partial charge >= 0.3 is 11.7 Å². The zero-order chi connectivity index (χ0) is 17.8. The van der Waals surface area contributed by atoms with Gasteiger partial charge in [-0.05, 0) is 29.8 Å². The van der Waals surface area contributed by atoms with Crippen LogP contribution in [-0.4, -0.2) is 32.3 Å². The predicted octanol–water partition coefficient (Wildman–Crippen LogP) is 2.23. The molecule has 3 aromatic rings. The fourth-order valence-electron chi connectivity index (χ4n) is 2.39. The number of anilines is 1. The summed E-state index contributed by atoms with van der Waals surface area (Å²) in [5.41, 5.74) is 2.13. The van der Waals surface area contributed by atoms with Crippen molar-refractivity contribution >= 4 is 11.7 Å². The molecule has 0 saturated heterocycles. The number of nitrogens with zero attached hydrogens (tertiary/aromatic N) is 4. The number of carbonyl (C=O) groups excluding carboxylic acids is 1. The molecule has 7 nitrogen and oxygen atoms in total. The van der Waals surface area contributed by atoms with Gasteiger partial charge in [0.1, 0.15) is 6.33 Å². The predicted molar refractivity (Wildman–Crippen MR) is 95.7 cm³/mol. The van der Waals surface area contributed by atoms with Gasteiger partial charge in [0.15, 0.2) is 0 Å². The Kier molecular flexibility index (Phi) is 4.65. The maximum Gasteiger partial charge on any atom is 0.350 e. The highest BCUT2D eigenvalue weighted by molar-refractivity contribution is 5.89. The number of nitrogens with one attached hydrogen (secondary N) is 1. The van der Waals surface area contributed by atoms with Crippen molar-refractivity contribution in [2.45, 2.75) is 6.54 Å². The minimum absolute atomic E-state index is 0.202. The Balaban J connectivity index is 1.66. The molecule has 0 atom stereocenters. The fourth-order valence-corrected chi connectivity index (χ4v) is 2.39. The molecule has 2 aromatic carbocycles. The molecule has 0 aliphatic rings. The van der Waals surface area contributed by atoms with E-state index < -0.39 is 0 Å². The number of aromatic nitrogens is 3. The minimum atomic E-state index is -0.223. The third-order valence-electron chi connectivity index (χ3n) is 3.80. The lowest BCUT2D eigenvalue weighted by Gasteiger charge is -2.18. The molecule has 1 aromatic heterocycles. The highest BCUT2D eigenvalue weighted by Crippen LogP contribution is 2.12. The first kappa shape index (κ1) is 16.5. The van der Waals surface area contributed by atoms with Crippen LogP contribution in [0, 0.1) is 0 Å². The van der Waals surface area contributed by atoms with Crippen molar-refractivity contribution in [2.24, 2.45) is 7.05 Å². The standard InChI is InChI=1S/C18H19N5O2/c1-21(12-14-6-4-3-5-7-14)17(24)20-15-8-10-16(11-9-15)23-18(25)22(2)13-19-23/h3-11,13H,12H2,1-2H3,(H,20,24). The SMILES string of the molecule is CN(Cc1ccccc1)C(=O)Nc1ccc(-n2ncn(C)c2=O)cc1. The van der Waals surface area contributed by atoms with Crippen LogP contribution in [0.25, 0.3) is 5.69 Å². The molecule has 2 amide bonds. The molecule has 0 aliphatic heterocycles. The molecule has 1 heterocycles. The first-order chi connectivity index (χ1) is 12.0. The van der Waals surface area contributed by atoms with E-state index in [1.165, 1.54) is 15.6 Å². The zero-order valence-electron chi connectivity index (χ0n) is 14.1. The van der Waals surface area contributed by atoms with Crippen LogP contribution in [0.15, 0.2) is 65.7 Å². The molecule has 1 N–H and O–H groups in total. The molecule has 0 radical (unpaired) electrons. The van der Waals surface area contributed by atoms with Crippen molar-refractivity contribution in [3.8, 4) is 5.69 Å². The van der Waals surface area contributed by atoms with Crippen LogP contribution in [0.5, 0.6) is 0 Å². The third kappa shape index (κ3) is 3.77.